The van der Waals surface area contributed by atoms with Crippen molar-refractivity contribution in [2.45, 2.75) is 63.9 Å². The Hall–Kier alpha value is -2.64. The first kappa shape index (κ1) is 27.4. The van der Waals surface area contributed by atoms with Crippen LogP contribution in [0, 0.1) is 5.92 Å². The third-order valence-corrected chi connectivity index (χ3v) is 5.40. The molecule has 3 amide bonds. The normalized spacial score (nSPS) is 16.7. The molecule has 180 valence electrons. The molecule has 8 N–H and O–H groups in total. The maximum Gasteiger partial charge on any atom is 0.327 e. The Morgan fingerprint density at radius 1 is 1.12 bits per heavy atom. The van der Waals surface area contributed by atoms with E-state index in [-0.39, 0.29) is 18.1 Å². The quantitative estimate of drug-likeness (QED) is 0.153. The highest BCUT2D eigenvalue weighted by Crippen LogP contribution is 2.07. The van der Waals surface area contributed by atoms with Crippen molar-refractivity contribution >= 4 is 36.3 Å². The highest BCUT2D eigenvalue weighted by Gasteiger charge is 2.33. The van der Waals surface area contributed by atoms with Gasteiger partial charge in [-0.1, -0.05) is 20.3 Å². The topological polar surface area (TPSA) is 200 Å². The van der Waals surface area contributed by atoms with Gasteiger partial charge in [0.15, 0.2) is 0 Å². The summed E-state index contributed by atoms with van der Waals surface area (Å²) in [5, 5.41) is 26.4. The summed E-state index contributed by atoms with van der Waals surface area (Å²) in [6.07, 6.45) is 2.14. The number of nitrogens with zero attached hydrogens (tertiary/aromatic N) is 1. The molecule has 1 aromatic rings. The summed E-state index contributed by atoms with van der Waals surface area (Å²) >= 11 is 3.91. The van der Waals surface area contributed by atoms with Gasteiger partial charge >= 0.3 is 5.97 Å². The number of aromatic amines is 1. The molecule has 12 nitrogen and oxygen atoms in total. The number of carboxylic acid groups (broad SMARTS) is 1. The molecule has 0 saturated heterocycles. The molecule has 0 radical (unpaired) electrons. The fourth-order valence-electron chi connectivity index (χ4n) is 2.71. The van der Waals surface area contributed by atoms with E-state index in [1.54, 1.807) is 6.92 Å². The fourth-order valence-corrected chi connectivity index (χ4v) is 2.96. The number of rotatable bonds is 13. The van der Waals surface area contributed by atoms with Crippen LogP contribution in [0.1, 0.15) is 32.9 Å². The maximum atomic E-state index is 12.9. The first-order valence-electron chi connectivity index (χ1n) is 10.2. The molecular formula is C19H32N6O6S. The number of nitrogens with one attached hydrogen (secondary N) is 4. The number of amides is 3. The Labute approximate surface area is 191 Å². The van der Waals surface area contributed by atoms with Crippen LogP contribution in [0.5, 0.6) is 0 Å². The van der Waals surface area contributed by atoms with E-state index in [9.17, 15) is 24.3 Å². The zero-order valence-corrected chi connectivity index (χ0v) is 19.1. The van der Waals surface area contributed by atoms with Gasteiger partial charge in [0.1, 0.15) is 18.1 Å². The van der Waals surface area contributed by atoms with Crippen molar-refractivity contribution in [2.75, 3.05) is 5.75 Å². The summed E-state index contributed by atoms with van der Waals surface area (Å²) < 4.78 is 0. The summed E-state index contributed by atoms with van der Waals surface area (Å²) in [4.78, 5) is 55.8. The van der Waals surface area contributed by atoms with Crippen molar-refractivity contribution in [1.29, 1.82) is 0 Å². The Kier molecular flexibility index (Phi) is 11.2. The molecule has 0 fully saturated rings. The molecular weight excluding hydrogens is 440 g/mol. The summed E-state index contributed by atoms with van der Waals surface area (Å²) in [6.45, 7) is 4.96. The number of hydrogen-bond acceptors (Lipinski definition) is 8. The van der Waals surface area contributed by atoms with Crippen molar-refractivity contribution in [2.24, 2.45) is 11.7 Å². The molecule has 6 unspecified atom stereocenters. The number of aromatic nitrogens is 2. The van der Waals surface area contributed by atoms with Gasteiger partial charge in [0, 0.05) is 24.1 Å². The average molecular weight is 473 g/mol. The zero-order chi connectivity index (χ0) is 24.4. The van der Waals surface area contributed by atoms with E-state index in [2.05, 4.69) is 38.5 Å². The minimum Gasteiger partial charge on any atom is -0.480 e. The van der Waals surface area contributed by atoms with Gasteiger partial charge in [-0.3, -0.25) is 14.4 Å². The number of aliphatic hydroxyl groups excluding tert-OH is 1. The number of carboxylic acids is 1. The van der Waals surface area contributed by atoms with Crippen LogP contribution >= 0.6 is 12.6 Å². The lowest BCUT2D eigenvalue weighted by atomic mass is 9.98. The van der Waals surface area contributed by atoms with E-state index in [0.29, 0.717) is 12.1 Å². The Morgan fingerprint density at radius 3 is 2.22 bits per heavy atom. The minimum atomic E-state index is -1.38. The lowest BCUT2D eigenvalue weighted by Gasteiger charge is -2.27. The van der Waals surface area contributed by atoms with Gasteiger partial charge in [-0.25, -0.2) is 9.78 Å². The second-order valence-corrected chi connectivity index (χ2v) is 7.93. The summed E-state index contributed by atoms with van der Waals surface area (Å²) in [7, 11) is 0. The van der Waals surface area contributed by atoms with Crippen LogP contribution in [0.3, 0.4) is 0 Å². The highest BCUT2D eigenvalue weighted by atomic mass is 32.1. The zero-order valence-electron chi connectivity index (χ0n) is 18.2. The van der Waals surface area contributed by atoms with Crippen LogP contribution in [0.25, 0.3) is 0 Å². The van der Waals surface area contributed by atoms with Crippen molar-refractivity contribution in [3.8, 4) is 0 Å². The van der Waals surface area contributed by atoms with Crippen LogP contribution in [-0.4, -0.2) is 79.9 Å². The van der Waals surface area contributed by atoms with Crippen LogP contribution in [-0.2, 0) is 25.6 Å². The number of imidazole rings is 1. The number of carbonyl (C=O) groups excluding carboxylic acids is 3. The molecule has 0 bridgehead atoms. The van der Waals surface area contributed by atoms with Gasteiger partial charge in [0.05, 0.1) is 18.5 Å². The first-order valence-corrected chi connectivity index (χ1v) is 10.8. The largest absolute Gasteiger partial charge is 0.480 e. The van der Waals surface area contributed by atoms with Crippen LogP contribution in [0.2, 0.25) is 0 Å². The van der Waals surface area contributed by atoms with Gasteiger partial charge < -0.3 is 36.9 Å². The number of thiol groups is 1. The molecule has 1 heterocycles. The fraction of sp³-hybridized carbons (Fsp3) is 0.632. The predicted molar refractivity (Wildman–Crippen MR) is 119 cm³/mol. The van der Waals surface area contributed by atoms with E-state index in [1.807, 2.05) is 6.92 Å². The highest BCUT2D eigenvalue weighted by molar-refractivity contribution is 7.80. The molecule has 32 heavy (non-hydrogen) atoms. The van der Waals surface area contributed by atoms with E-state index >= 15 is 0 Å². The molecule has 13 heteroatoms. The van der Waals surface area contributed by atoms with E-state index in [0.717, 1.165) is 0 Å². The Balaban J connectivity index is 3.00. The van der Waals surface area contributed by atoms with E-state index < -0.39 is 54.0 Å². The van der Waals surface area contributed by atoms with Crippen molar-refractivity contribution < 1.29 is 29.4 Å². The molecule has 1 rings (SSSR count). The van der Waals surface area contributed by atoms with E-state index in [4.69, 9.17) is 10.8 Å². The molecule has 6 atom stereocenters. The SMILES string of the molecule is CCC(C)C(N)C(=O)NC(C(=O)NC(Cc1cnc[nH]1)C(=O)NC(CS)C(=O)O)C(C)O. The summed E-state index contributed by atoms with van der Waals surface area (Å²) in [6, 6.07) is -4.75. The maximum absolute atomic E-state index is 12.9. The summed E-state index contributed by atoms with van der Waals surface area (Å²) in [5.41, 5.74) is 6.39. The molecule has 0 saturated carbocycles. The molecule has 0 aliphatic rings. The third kappa shape index (κ3) is 8.13. The number of carbonyl (C=O) groups is 4. The van der Waals surface area contributed by atoms with Crippen molar-refractivity contribution in [1.82, 2.24) is 25.9 Å². The monoisotopic (exact) mass is 472 g/mol. The third-order valence-electron chi connectivity index (χ3n) is 5.03. The molecule has 0 aliphatic heterocycles. The molecule has 0 aliphatic carbocycles. The van der Waals surface area contributed by atoms with Crippen molar-refractivity contribution in [3.63, 3.8) is 0 Å². The predicted octanol–water partition coefficient (Wildman–Crippen LogP) is -1.82. The molecule has 1 aromatic heterocycles. The molecule has 0 spiro atoms. The van der Waals surface area contributed by atoms with Crippen LogP contribution in [0.4, 0.5) is 0 Å². The second kappa shape index (κ2) is 13.0. The molecule has 0 aromatic carbocycles. The first-order chi connectivity index (χ1) is 15.0. The number of aliphatic carboxylic acids is 1. The average Bonchev–Trinajstić information content (AvgIpc) is 3.26. The number of aliphatic hydroxyl groups is 1. The van der Waals surface area contributed by atoms with Crippen molar-refractivity contribution in [3.05, 3.63) is 18.2 Å². The Bertz CT molecular complexity index is 774. The standard InChI is InChI=1S/C19H32N6O6S/c1-4-9(2)14(20)17(28)25-15(10(3)26)18(29)23-12(5-11-6-21-8-22-11)16(27)24-13(7-32)19(30)31/h6,8-10,12-15,26,32H,4-5,7,20H2,1-3H3,(H,21,22)(H,23,29)(H,24,27)(H,25,28)(H,30,31). The minimum absolute atomic E-state index is 0.0384. The number of hydrogen-bond donors (Lipinski definition) is 8. The number of nitrogens with two attached hydrogens (primary N) is 1. The lowest BCUT2D eigenvalue weighted by Crippen LogP contribution is -2.60. The van der Waals surface area contributed by atoms with E-state index in [1.165, 1.54) is 19.4 Å². The van der Waals surface area contributed by atoms with Gasteiger partial charge in [0.2, 0.25) is 17.7 Å². The van der Waals surface area contributed by atoms with Crippen LogP contribution < -0.4 is 21.7 Å². The van der Waals surface area contributed by atoms with Gasteiger partial charge in [0.25, 0.3) is 0 Å². The van der Waals surface area contributed by atoms with Gasteiger partial charge in [-0.15, -0.1) is 0 Å². The lowest BCUT2D eigenvalue weighted by molar-refractivity contribution is -0.141. The smallest absolute Gasteiger partial charge is 0.327 e. The second-order valence-electron chi connectivity index (χ2n) is 7.56. The van der Waals surface area contributed by atoms with Gasteiger partial charge in [-0.05, 0) is 12.8 Å². The Morgan fingerprint density at radius 2 is 1.75 bits per heavy atom. The summed E-state index contributed by atoms with van der Waals surface area (Å²) in [5.74, 6) is -3.82. The van der Waals surface area contributed by atoms with Gasteiger partial charge in [-0.2, -0.15) is 12.6 Å². The van der Waals surface area contributed by atoms with Crippen LogP contribution in [0.15, 0.2) is 12.5 Å². The number of H-pyrrole nitrogens is 1.